The molecule has 0 spiro atoms. The summed E-state index contributed by atoms with van der Waals surface area (Å²) in [4.78, 5) is 32.7. The largest absolute Gasteiger partial charge is 0.369 e. The lowest BCUT2D eigenvalue weighted by molar-refractivity contribution is 0.208. The summed E-state index contributed by atoms with van der Waals surface area (Å²) in [6, 6.07) is 16.7. The normalized spacial score (nSPS) is 16.7. The van der Waals surface area contributed by atoms with Gasteiger partial charge < -0.3 is 24.9 Å². The van der Waals surface area contributed by atoms with Crippen LogP contribution in [-0.4, -0.2) is 85.2 Å². The van der Waals surface area contributed by atoms with Gasteiger partial charge in [0.25, 0.3) is 0 Å². The quantitative estimate of drug-likeness (QED) is 0.415. The van der Waals surface area contributed by atoms with Gasteiger partial charge in [-0.3, -0.25) is 0 Å². The molecule has 2 saturated heterocycles. The van der Waals surface area contributed by atoms with E-state index in [1.54, 1.807) is 34.7 Å². The number of hydrogen-bond acceptors (Lipinski definition) is 7. The van der Waals surface area contributed by atoms with Crippen molar-refractivity contribution in [2.24, 2.45) is 0 Å². The first-order valence-electron chi connectivity index (χ1n) is 12.9. The van der Waals surface area contributed by atoms with Gasteiger partial charge in [-0.05, 0) is 49.0 Å². The van der Waals surface area contributed by atoms with E-state index in [9.17, 15) is 9.18 Å². The monoisotopic (exact) mass is 531 g/mol. The van der Waals surface area contributed by atoms with Crippen molar-refractivity contribution in [2.75, 3.05) is 74.5 Å². The Morgan fingerprint density at radius 2 is 1.63 bits per heavy atom. The fourth-order valence-corrected chi connectivity index (χ4v) is 6.03. The highest BCUT2D eigenvalue weighted by Gasteiger charge is 2.24. The molecule has 4 heterocycles. The predicted octanol–water partition coefficient (Wildman–Crippen LogP) is 4.60. The predicted molar refractivity (Wildman–Crippen MR) is 152 cm³/mol. The minimum Gasteiger partial charge on any atom is -0.369 e. The van der Waals surface area contributed by atoms with E-state index in [0.717, 1.165) is 42.2 Å². The van der Waals surface area contributed by atoms with Crippen LogP contribution in [0.5, 0.6) is 0 Å². The zero-order chi connectivity index (χ0) is 26.1. The molecule has 8 nitrogen and oxygen atoms in total. The number of nitrogens with zero attached hydrogens (tertiary/aromatic N) is 6. The molecule has 38 heavy (non-hydrogen) atoms. The first-order chi connectivity index (χ1) is 18.5. The molecular formula is C28H30FN7OS. The molecule has 1 N–H and O–H groups in total. The maximum Gasteiger partial charge on any atom is 0.321 e. The highest BCUT2D eigenvalue weighted by molar-refractivity contribution is 7.21. The second-order valence-corrected chi connectivity index (χ2v) is 10.8. The van der Waals surface area contributed by atoms with Crippen LogP contribution in [0, 0.1) is 5.82 Å². The molecule has 196 valence electrons. The van der Waals surface area contributed by atoms with Gasteiger partial charge in [0, 0.05) is 68.6 Å². The van der Waals surface area contributed by atoms with E-state index in [2.05, 4.69) is 67.4 Å². The van der Waals surface area contributed by atoms with E-state index in [4.69, 9.17) is 0 Å². The number of carbonyl (C=O) groups is 1. The van der Waals surface area contributed by atoms with Gasteiger partial charge in [0.05, 0.1) is 5.39 Å². The van der Waals surface area contributed by atoms with E-state index in [0.29, 0.717) is 31.9 Å². The van der Waals surface area contributed by atoms with Crippen LogP contribution in [-0.2, 0) is 0 Å². The molecule has 0 unspecified atom stereocenters. The Morgan fingerprint density at radius 3 is 2.37 bits per heavy atom. The highest BCUT2D eigenvalue weighted by atomic mass is 32.1. The third kappa shape index (κ3) is 5.14. The number of hydrogen-bond donors (Lipinski definition) is 1. The van der Waals surface area contributed by atoms with Crippen molar-refractivity contribution in [1.29, 1.82) is 0 Å². The van der Waals surface area contributed by atoms with Crippen molar-refractivity contribution in [3.05, 3.63) is 66.7 Å². The number of amides is 2. The van der Waals surface area contributed by atoms with Crippen LogP contribution < -0.4 is 15.1 Å². The molecule has 2 aromatic heterocycles. The number of carbonyl (C=O) groups excluding carboxylic acids is 1. The maximum absolute atomic E-state index is 13.5. The van der Waals surface area contributed by atoms with Crippen molar-refractivity contribution >= 4 is 44.8 Å². The van der Waals surface area contributed by atoms with E-state index >= 15 is 0 Å². The topological polar surface area (TPSA) is 67.8 Å². The molecule has 0 radical (unpaired) electrons. The van der Waals surface area contributed by atoms with Crippen molar-refractivity contribution in [3.8, 4) is 10.4 Å². The maximum atomic E-state index is 13.5. The van der Waals surface area contributed by atoms with Gasteiger partial charge in [-0.15, -0.1) is 11.3 Å². The summed E-state index contributed by atoms with van der Waals surface area (Å²) in [6.45, 7) is 6.71. The number of likely N-dealkylation sites (N-methyl/N-ethyl adjacent to an activating group) is 1. The summed E-state index contributed by atoms with van der Waals surface area (Å²) in [5.74, 6) is 0.526. The van der Waals surface area contributed by atoms with Gasteiger partial charge in [-0.25, -0.2) is 19.2 Å². The van der Waals surface area contributed by atoms with E-state index < -0.39 is 0 Å². The number of anilines is 3. The lowest BCUT2D eigenvalue weighted by atomic mass is 10.1. The molecular weight excluding hydrogens is 501 g/mol. The SMILES string of the molecule is CN1CCN(c2ccc(-c3cc4c(N5CCN(C(=O)Nc6cccc(F)c6)CC5)ncnc4s3)cc2)CC1. The van der Waals surface area contributed by atoms with Gasteiger partial charge in [0.15, 0.2) is 0 Å². The van der Waals surface area contributed by atoms with Crippen LogP contribution in [0.25, 0.3) is 20.7 Å². The second-order valence-electron chi connectivity index (χ2n) is 9.78. The highest BCUT2D eigenvalue weighted by Crippen LogP contribution is 2.37. The molecule has 2 aliphatic heterocycles. The van der Waals surface area contributed by atoms with Crippen LogP contribution >= 0.6 is 11.3 Å². The second kappa shape index (κ2) is 10.5. The summed E-state index contributed by atoms with van der Waals surface area (Å²) in [5.41, 5.74) is 2.90. The Morgan fingerprint density at radius 1 is 0.895 bits per heavy atom. The van der Waals surface area contributed by atoms with Gasteiger partial charge in [-0.2, -0.15) is 0 Å². The van der Waals surface area contributed by atoms with Crippen LogP contribution in [0.1, 0.15) is 0 Å². The molecule has 4 aromatic rings. The van der Waals surface area contributed by atoms with E-state index in [1.807, 2.05) is 0 Å². The molecule has 2 amide bonds. The molecule has 10 heteroatoms. The molecule has 2 aromatic carbocycles. The zero-order valence-electron chi connectivity index (χ0n) is 21.3. The number of aromatic nitrogens is 2. The minimum atomic E-state index is -0.374. The van der Waals surface area contributed by atoms with Crippen molar-refractivity contribution in [2.45, 2.75) is 0 Å². The zero-order valence-corrected chi connectivity index (χ0v) is 22.1. The summed E-state index contributed by atoms with van der Waals surface area (Å²) >= 11 is 1.67. The van der Waals surface area contributed by atoms with E-state index in [1.165, 1.54) is 28.3 Å². The van der Waals surface area contributed by atoms with E-state index in [-0.39, 0.29) is 11.8 Å². The molecule has 2 fully saturated rings. The average Bonchev–Trinajstić information content (AvgIpc) is 3.38. The van der Waals surface area contributed by atoms with Crippen LogP contribution in [0.4, 0.5) is 26.4 Å². The van der Waals surface area contributed by atoms with Gasteiger partial charge >= 0.3 is 6.03 Å². The number of halogens is 1. The minimum absolute atomic E-state index is 0.221. The number of benzene rings is 2. The average molecular weight is 532 g/mol. The molecule has 0 bridgehead atoms. The fraction of sp³-hybridized carbons (Fsp3) is 0.321. The van der Waals surface area contributed by atoms with Crippen molar-refractivity contribution in [3.63, 3.8) is 0 Å². The molecule has 0 atom stereocenters. The Labute approximate surface area is 225 Å². The number of piperazine rings is 2. The van der Waals surface area contributed by atoms with Crippen molar-refractivity contribution < 1.29 is 9.18 Å². The van der Waals surface area contributed by atoms with Crippen LogP contribution in [0.15, 0.2) is 60.9 Å². The summed E-state index contributed by atoms with van der Waals surface area (Å²) < 4.78 is 13.5. The Hall–Kier alpha value is -3.76. The number of fused-ring (bicyclic) bond motifs is 1. The smallest absolute Gasteiger partial charge is 0.321 e. The summed E-state index contributed by atoms with van der Waals surface area (Å²) in [6.07, 6.45) is 1.62. The van der Waals surface area contributed by atoms with Gasteiger partial charge in [0.1, 0.15) is 22.8 Å². The summed E-state index contributed by atoms with van der Waals surface area (Å²) in [5, 5.41) is 3.82. The van der Waals surface area contributed by atoms with Crippen LogP contribution in [0.3, 0.4) is 0 Å². The van der Waals surface area contributed by atoms with Crippen molar-refractivity contribution in [1.82, 2.24) is 19.8 Å². The van der Waals surface area contributed by atoms with Crippen LogP contribution in [0.2, 0.25) is 0 Å². The third-order valence-electron chi connectivity index (χ3n) is 7.27. The Balaban J connectivity index is 1.14. The lowest BCUT2D eigenvalue weighted by Gasteiger charge is -2.35. The molecule has 0 saturated carbocycles. The van der Waals surface area contributed by atoms with Gasteiger partial charge in [0.2, 0.25) is 0 Å². The number of nitrogens with one attached hydrogen (secondary N) is 1. The molecule has 6 rings (SSSR count). The number of urea groups is 1. The third-order valence-corrected chi connectivity index (χ3v) is 8.36. The fourth-order valence-electron chi connectivity index (χ4n) is 5.03. The first-order valence-corrected chi connectivity index (χ1v) is 13.7. The lowest BCUT2D eigenvalue weighted by Crippen LogP contribution is -2.50. The molecule has 2 aliphatic rings. The summed E-state index contributed by atoms with van der Waals surface area (Å²) in [7, 11) is 2.17. The van der Waals surface area contributed by atoms with Gasteiger partial charge in [-0.1, -0.05) is 18.2 Å². The Bertz CT molecular complexity index is 1430. The Kier molecular flexibility index (Phi) is 6.82. The number of thiophene rings is 1. The standard InChI is InChI=1S/C28H30FN7OS/c1-33-9-11-34(12-10-33)23-7-5-20(6-8-23)25-18-24-26(30-19-31-27(24)38-25)35-13-15-36(16-14-35)28(37)32-22-4-2-3-21(29)17-22/h2-8,17-19H,9-16H2,1H3,(H,32,37). The molecule has 0 aliphatic carbocycles. The number of rotatable bonds is 4. The first kappa shape index (κ1) is 24.6.